The quantitative estimate of drug-likeness (QED) is 0.750. The highest BCUT2D eigenvalue weighted by Crippen LogP contribution is 2.22. The Morgan fingerprint density at radius 1 is 1.38 bits per heavy atom. The fourth-order valence-electron chi connectivity index (χ4n) is 2.76. The number of aliphatic hydroxyl groups excluding tert-OH is 1. The molecule has 0 spiro atoms. The van der Waals surface area contributed by atoms with E-state index < -0.39 is 5.79 Å². The molecule has 7 heteroatoms. The molecule has 0 fully saturated rings. The molecule has 0 bridgehead atoms. The van der Waals surface area contributed by atoms with Crippen molar-refractivity contribution in [3.63, 3.8) is 0 Å². The van der Waals surface area contributed by atoms with E-state index in [1.54, 1.807) is 6.21 Å². The molecular formula is C17H20N6O. The van der Waals surface area contributed by atoms with Gasteiger partial charge in [-0.3, -0.25) is 10.7 Å². The smallest absolute Gasteiger partial charge is 0.292 e. The van der Waals surface area contributed by atoms with Gasteiger partial charge in [0.2, 0.25) is 0 Å². The zero-order valence-corrected chi connectivity index (χ0v) is 13.3. The summed E-state index contributed by atoms with van der Waals surface area (Å²) in [7, 11) is 0. The molecule has 1 aromatic carbocycles. The molecule has 0 aliphatic carbocycles. The van der Waals surface area contributed by atoms with E-state index in [1.165, 1.54) is 11.1 Å². The predicted octanol–water partition coefficient (Wildman–Crippen LogP) is 0.522. The third kappa shape index (κ3) is 3.45. The lowest BCUT2D eigenvalue weighted by molar-refractivity contribution is 0.257. The van der Waals surface area contributed by atoms with E-state index in [4.69, 9.17) is 5.11 Å². The van der Waals surface area contributed by atoms with Gasteiger partial charge in [-0.05, 0) is 17.6 Å². The van der Waals surface area contributed by atoms with Crippen LogP contribution < -0.4 is 10.7 Å². The average molecular weight is 324 g/mol. The molecule has 0 saturated heterocycles. The fraction of sp³-hybridized carbons (Fsp3) is 0.353. The van der Waals surface area contributed by atoms with Gasteiger partial charge in [-0.15, -0.1) is 0 Å². The zero-order chi connectivity index (χ0) is 16.8. The molecule has 1 aromatic rings. The highest BCUT2D eigenvalue weighted by atomic mass is 16.3. The van der Waals surface area contributed by atoms with Crippen LogP contribution >= 0.6 is 0 Å². The third-order valence-corrected chi connectivity index (χ3v) is 4.02. The van der Waals surface area contributed by atoms with Gasteiger partial charge in [0.15, 0.2) is 0 Å². The van der Waals surface area contributed by atoms with Gasteiger partial charge in [-0.2, -0.15) is 10.4 Å². The number of aliphatic hydroxyl groups is 1. The Morgan fingerprint density at radius 3 is 2.88 bits per heavy atom. The third-order valence-electron chi connectivity index (χ3n) is 4.02. The summed E-state index contributed by atoms with van der Waals surface area (Å²) in [4.78, 5) is 6.55. The highest BCUT2D eigenvalue weighted by Gasteiger charge is 2.32. The van der Waals surface area contributed by atoms with Crippen LogP contribution in [0.1, 0.15) is 12.0 Å². The van der Waals surface area contributed by atoms with Crippen LogP contribution in [0.4, 0.5) is 0 Å². The first-order valence-electron chi connectivity index (χ1n) is 7.93. The van der Waals surface area contributed by atoms with Crippen molar-refractivity contribution >= 4 is 17.6 Å². The summed E-state index contributed by atoms with van der Waals surface area (Å²) < 4.78 is 0. The first-order valence-corrected chi connectivity index (χ1v) is 7.93. The van der Waals surface area contributed by atoms with E-state index in [2.05, 4.69) is 50.0 Å². The maximum Gasteiger partial charge on any atom is 0.292 e. The molecule has 3 N–H and O–H groups in total. The number of nitrogens with one attached hydrogen (secondary N) is 2. The molecule has 3 rings (SSSR count). The number of nitriles is 1. The Labute approximate surface area is 141 Å². The monoisotopic (exact) mass is 324 g/mol. The summed E-state index contributed by atoms with van der Waals surface area (Å²) in [6.45, 7) is 1.71. The maximum atomic E-state index is 9.41. The van der Waals surface area contributed by atoms with E-state index in [1.807, 2.05) is 18.2 Å². The standard InChI is InChI=1S/C17H20N6O/c18-13-17(19-8-11-24)21-16(12-20-22-17)23-9-6-15(7-10-23)14-4-2-1-3-5-14/h1-6,12,19,22,24H,7-11H2. The molecule has 1 atom stereocenters. The molecular weight excluding hydrogens is 304 g/mol. The van der Waals surface area contributed by atoms with Crippen LogP contribution in [-0.2, 0) is 0 Å². The number of nitrogens with zero attached hydrogens (tertiary/aromatic N) is 4. The lowest BCUT2D eigenvalue weighted by atomic mass is 9.99. The lowest BCUT2D eigenvalue weighted by Gasteiger charge is -2.33. The van der Waals surface area contributed by atoms with Crippen molar-refractivity contribution < 1.29 is 5.11 Å². The number of rotatable bonds is 4. The van der Waals surface area contributed by atoms with Crippen LogP contribution in [0.15, 0.2) is 46.5 Å². The van der Waals surface area contributed by atoms with Crippen molar-refractivity contribution in [1.82, 2.24) is 15.6 Å². The number of aliphatic imine (C=N–C) groups is 1. The van der Waals surface area contributed by atoms with E-state index in [9.17, 15) is 5.26 Å². The summed E-state index contributed by atoms with van der Waals surface area (Å²) in [5.74, 6) is -0.667. The van der Waals surface area contributed by atoms with Gasteiger partial charge in [0.1, 0.15) is 11.9 Å². The molecule has 2 aliphatic heterocycles. The summed E-state index contributed by atoms with van der Waals surface area (Å²) >= 11 is 0. The highest BCUT2D eigenvalue weighted by molar-refractivity contribution is 6.29. The van der Waals surface area contributed by atoms with Crippen molar-refractivity contribution in [2.24, 2.45) is 10.1 Å². The topological polar surface area (TPSA) is 96.0 Å². The van der Waals surface area contributed by atoms with E-state index >= 15 is 0 Å². The molecule has 0 aromatic heterocycles. The fourth-order valence-corrected chi connectivity index (χ4v) is 2.76. The minimum atomic E-state index is -1.32. The normalized spacial score (nSPS) is 23.1. The van der Waals surface area contributed by atoms with Crippen molar-refractivity contribution in [2.45, 2.75) is 12.2 Å². The predicted molar refractivity (Wildman–Crippen MR) is 93.1 cm³/mol. The van der Waals surface area contributed by atoms with Gasteiger partial charge in [-0.25, -0.2) is 4.99 Å². The molecule has 7 nitrogen and oxygen atoms in total. The van der Waals surface area contributed by atoms with Gasteiger partial charge >= 0.3 is 0 Å². The van der Waals surface area contributed by atoms with Crippen LogP contribution in [-0.4, -0.2) is 54.1 Å². The second kappa shape index (κ2) is 7.25. The average Bonchev–Trinajstić information content (AvgIpc) is 2.67. The molecule has 2 heterocycles. The summed E-state index contributed by atoms with van der Waals surface area (Å²) in [6.07, 6.45) is 4.72. The molecule has 0 saturated carbocycles. The Balaban J connectivity index is 1.73. The Morgan fingerprint density at radius 2 is 2.21 bits per heavy atom. The van der Waals surface area contributed by atoms with Crippen LogP contribution in [0.5, 0.6) is 0 Å². The van der Waals surface area contributed by atoms with Crippen molar-refractivity contribution in [3.8, 4) is 6.07 Å². The Hall–Kier alpha value is -2.69. The number of hydrogen-bond donors (Lipinski definition) is 3. The van der Waals surface area contributed by atoms with Crippen LogP contribution in [0, 0.1) is 11.3 Å². The van der Waals surface area contributed by atoms with Crippen LogP contribution in [0.25, 0.3) is 5.57 Å². The minimum absolute atomic E-state index is 0.0768. The maximum absolute atomic E-state index is 9.41. The Kier molecular flexibility index (Phi) is 4.89. The minimum Gasteiger partial charge on any atom is -0.395 e. The lowest BCUT2D eigenvalue weighted by Crippen LogP contribution is -2.57. The molecule has 2 aliphatic rings. The van der Waals surface area contributed by atoms with Crippen LogP contribution in [0.3, 0.4) is 0 Å². The van der Waals surface area contributed by atoms with Gasteiger partial charge in [-0.1, -0.05) is 36.4 Å². The molecule has 124 valence electrons. The summed E-state index contributed by atoms with van der Waals surface area (Å²) in [6, 6.07) is 12.4. The van der Waals surface area contributed by atoms with Crippen molar-refractivity contribution in [1.29, 1.82) is 5.26 Å². The number of hydrazone groups is 1. The zero-order valence-electron chi connectivity index (χ0n) is 13.3. The molecule has 1 unspecified atom stereocenters. The largest absolute Gasteiger partial charge is 0.395 e. The first kappa shape index (κ1) is 16.2. The van der Waals surface area contributed by atoms with Crippen LogP contribution in [0.2, 0.25) is 0 Å². The van der Waals surface area contributed by atoms with E-state index in [0.29, 0.717) is 5.84 Å². The van der Waals surface area contributed by atoms with E-state index in [-0.39, 0.29) is 13.2 Å². The van der Waals surface area contributed by atoms with E-state index in [0.717, 1.165) is 19.5 Å². The number of hydrogen-bond acceptors (Lipinski definition) is 7. The molecule has 0 radical (unpaired) electrons. The molecule has 24 heavy (non-hydrogen) atoms. The van der Waals surface area contributed by atoms with Gasteiger partial charge in [0, 0.05) is 19.6 Å². The van der Waals surface area contributed by atoms with Gasteiger partial charge < -0.3 is 10.0 Å². The second-order valence-corrected chi connectivity index (χ2v) is 5.60. The summed E-state index contributed by atoms with van der Waals surface area (Å²) in [5.41, 5.74) is 5.24. The first-order chi connectivity index (χ1) is 11.8. The number of benzene rings is 1. The Bertz CT molecular complexity index is 706. The summed E-state index contributed by atoms with van der Waals surface area (Å²) in [5, 5.41) is 25.3. The second-order valence-electron chi connectivity index (χ2n) is 5.60. The number of amidine groups is 1. The molecule has 0 amide bonds. The van der Waals surface area contributed by atoms with Crippen molar-refractivity contribution in [2.75, 3.05) is 26.2 Å². The SMILES string of the molecule is N#CC1(NCCO)N=C(N2CC=C(c3ccccc3)CC2)C=NN1. The van der Waals surface area contributed by atoms with Crippen molar-refractivity contribution in [3.05, 3.63) is 42.0 Å². The van der Waals surface area contributed by atoms with Gasteiger partial charge in [0.25, 0.3) is 5.79 Å². The van der Waals surface area contributed by atoms with Gasteiger partial charge in [0.05, 0.1) is 12.8 Å².